The van der Waals surface area contributed by atoms with Crippen LogP contribution in [-0.4, -0.2) is 16.3 Å². The molecule has 3 rings (SSSR count). The molecule has 0 amide bonds. The predicted molar refractivity (Wildman–Crippen MR) is 92.6 cm³/mol. The van der Waals surface area contributed by atoms with Gasteiger partial charge in [0.1, 0.15) is 0 Å². The van der Waals surface area contributed by atoms with Crippen molar-refractivity contribution < 1.29 is 0 Å². The number of hydrogen-bond donors (Lipinski definition) is 1. The number of fused-ring (bicyclic) bond motifs is 1. The van der Waals surface area contributed by atoms with Gasteiger partial charge in [-0.15, -0.1) is 0 Å². The van der Waals surface area contributed by atoms with E-state index in [2.05, 4.69) is 29.5 Å². The summed E-state index contributed by atoms with van der Waals surface area (Å²) in [6.07, 6.45) is 1.90. The second kappa shape index (κ2) is 6.69. The summed E-state index contributed by atoms with van der Waals surface area (Å²) < 4.78 is 2.02. The van der Waals surface area contributed by atoms with Crippen LogP contribution < -0.4 is 5.32 Å². The standard InChI is InChI=1S/C17H17Cl2N3/c1-12(13-6-7-15(18)16(19)10-13)20-8-9-22-17-5-3-2-4-14(17)11-21-22/h2-7,10-12,20H,8-9H2,1H3. The molecule has 0 fully saturated rings. The number of benzene rings is 2. The third kappa shape index (κ3) is 3.27. The van der Waals surface area contributed by atoms with Crippen molar-refractivity contribution in [1.29, 1.82) is 0 Å². The van der Waals surface area contributed by atoms with Crippen LogP contribution in [0, 0.1) is 0 Å². The third-order valence-corrected chi connectivity index (χ3v) is 4.51. The average molecular weight is 334 g/mol. The molecule has 22 heavy (non-hydrogen) atoms. The molecule has 1 unspecified atom stereocenters. The van der Waals surface area contributed by atoms with Crippen molar-refractivity contribution in [3.8, 4) is 0 Å². The molecule has 5 heteroatoms. The Hall–Kier alpha value is -1.55. The molecule has 1 N–H and O–H groups in total. The maximum atomic E-state index is 6.06. The summed E-state index contributed by atoms with van der Waals surface area (Å²) in [5, 5.41) is 10.3. The van der Waals surface area contributed by atoms with Crippen molar-refractivity contribution in [2.45, 2.75) is 19.5 Å². The monoisotopic (exact) mass is 333 g/mol. The van der Waals surface area contributed by atoms with E-state index >= 15 is 0 Å². The van der Waals surface area contributed by atoms with Gasteiger partial charge in [-0.25, -0.2) is 0 Å². The lowest BCUT2D eigenvalue weighted by atomic mass is 10.1. The van der Waals surface area contributed by atoms with E-state index in [4.69, 9.17) is 23.2 Å². The minimum absolute atomic E-state index is 0.205. The SMILES string of the molecule is CC(NCCn1ncc2ccccc21)c1ccc(Cl)c(Cl)c1. The highest BCUT2D eigenvalue weighted by molar-refractivity contribution is 6.42. The first-order valence-corrected chi connectivity index (χ1v) is 7.99. The van der Waals surface area contributed by atoms with Crippen LogP contribution in [0.4, 0.5) is 0 Å². The largest absolute Gasteiger partial charge is 0.308 e. The molecule has 1 heterocycles. The van der Waals surface area contributed by atoms with E-state index in [1.807, 2.05) is 41.2 Å². The first-order valence-electron chi connectivity index (χ1n) is 7.24. The van der Waals surface area contributed by atoms with E-state index in [1.54, 1.807) is 0 Å². The van der Waals surface area contributed by atoms with Gasteiger partial charge in [0.05, 0.1) is 28.3 Å². The van der Waals surface area contributed by atoms with Gasteiger partial charge in [-0.2, -0.15) is 5.10 Å². The summed E-state index contributed by atoms with van der Waals surface area (Å²) >= 11 is 12.0. The zero-order valence-electron chi connectivity index (χ0n) is 12.3. The van der Waals surface area contributed by atoms with Crippen LogP contribution >= 0.6 is 23.2 Å². The number of hydrogen-bond acceptors (Lipinski definition) is 2. The van der Waals surface area contributed by atoms with E-state index in [0.29, 0.717) is 10.0 Å². The van der Waals surface area contributed by atoms with E-state index < -0.39 is 0 Å². The Kier molecular flexibility index (Phi) is 4.67. The summed E-state index contributed by atoms with van der Waals surface area (Å²) in [6.45, 7) is 3.76. The molecule has 0 saturated heterocycles. The summed E-state index contributed by atoms with van der Waals surface area (Å²) in [7, 11) is 0. The van der Waals surface area contributed by atoms with E-state index in [9.17, 15) is 0 Å². The number of halogens is 2. The normalized spacial score (nSPS) is 12.7. The van der Waals surface area contributed by atoms with Crippen LogP contribution in [0.5, 0.6) is 0 Å². The van der Waals surface area contributed by atoms with Crippen LogP contribution in [0.15, 0.2) is 48.7 Å². The molecule has 2 aromatic carbocycles. The molecule has 0 spiro atoms. The van der Waals surface area contributed by atoms with Crippen molar-refractivity contribution >= 4 is 34.1 Å². The van der Waals surface area contributed by atoms with Gasteiger partial charge in [0.2, 0.25) is 0 Å². The Morgan fingerprint density at radius 1 is 1.14 bits per heavy atom. The molecule has 0 aliphatic heterocycles. The lowest BCUT2D eigenvalue weighted by Gasteiger charge is -2.15. The summed E-state index contributed by atoms with van der Waals surface area (Å²) in [6, 6.07) is 14.2. The molecule has 0 aliphatic carbocycles. The fraction of sp³-hybridized carbons (Fsp3) is 0.235. The first kappa shape index (κ1) is 15.3. The first-order chi connectivity index (χ1) is 10.6. The molecule has 114 valence electrons. The number of nitrogens with one attached hydrogen (secondary N) is 1. The Balaban J connectivity index is 1.61. The van der Waals surface area contributed by atoms with Crippen LogP contribution in [0.25, 0.3) is 10.9 Å². The smallest absolute Gasteiger partial charge is 0.0682 e. The van der Waals surface area contributed by atoms with Gasteiger partial charge in [0.25, 0.3) is 0 Å². The molecule has 0 bridgehead atoms. The van der Waals surface area contributed by atoms with Crippen molar-refractivity contribution in [2.75, 3.05) is 6.54 Å². The fourth-order valence-corrected chi connectivity index (χ4v) is 2.80. The van der Waals surface area contributed by atoms with E-state index in [0.717, 1.165) is 24.2 Å². The highest BCUT2D eigenvalue weighted by Crippen LogP contribution is 2.25. The molecular weight excluding hydrogens is 317 g/mol. The number of aromatic nitrogens is 2. The van der Waals surface area contributed by atoms with Crippen molar-refractivity contribution in [3.05, 3.63) is 64.3 Å². The van der Waals surface area contributed by atoms with Gasteiger partial charge >= 0.3 is 0 Å². The second-order valence-corrected chi connectivity index (χ2v) is 6.09. The summed E-state index contributed by atoms with van der Waals surface area (Å²) in [4.78, 5) is 0. The summed E-state index contributed by atoms with van der Waals surface area (Å²) in [5.74, 6) is 0. The minimum atomic E-state index is 0.205. The van der Waals surface area contributed by atoms with Crippen molar-refractivity contribution in [3.63, 3.8) is 0 Å². The van der Waals surface area contributed by atoms with Crippen LogP contribution in [0.1, 0.15) is 18.5 Å². The molecule has 3 aromatic rings. The number of para-hydroxylation sites is 1. The van der Waals surface area contributed by atoms with Crippen LogP contribution in [0.2, 0.25) is 10.0 Å². The van der Waals surface area contributed by atoms with E-state index in [-0.39, 0.29) is 6.04 Å². The molecule has 1 atom stereocenters. The molecule has 1 aromatic heterocycles. The van der Waals surface area contributed by atoms with Gasteiger partial charge in [-0.05, 0) is 30.7 Å². The lowest BCUT2D eigenvalue weighted by Crippen LogP contribution is -2.23. The predicted octanol–water partition coefficient (Wildman–Crippen LogP) is 4.69. The highest BCUT2D eigenvalue weighted by atomic mass is 35.5. The van der Waals surface area contributed by atoms with Crippen LogP contribution in [-0.2, 0) is 6.54 Å². The number of nitrogens with zero attached hydrogens (tertiary/aromatic N) is 2. The van der Waals surface area contributed by atoms with Crippen LogP contribution in [0.3, 0.4) is 0 Å². The Morgan fingerprint density at radius 3 is 2.77 bits per heavy atom. The van der Waals surface area contributed by atoms with Gasteiger partial charge in [0, 0.05) is 18.0 Å². The fourth-order valence-electron chi connectivity index (χ4n) is 2.49. The zero-order chi connectivity index (χ0) is 15.5. The van der Waals surface area contributed by atoms with Crippen molar-refractivity contribution in [2.24, 2.45) is 0 Å². The Morgan fingerprint density at radius 2 is 1.95 bits per heavy atom. The minimum Gasteiger partial charge on any atom is -0.308 e. The Labute approximate surface area is 139 Å². The second-order valence-electron chi connectivity index (χ2n) is 5.28. The Bertz CT molecular complexity index is 782. The van der Waals surface area contributed by atoms with Gasteiger partial charge in [-0.3, -0.25) is 4.68 Å². The number of rotatable bonds is 5. The lowest BCUT2D eigenvalue weighted by molar-refractivity contribution is 0.515. The maximum absolute atomic E-state index is 6.06. The topological polar surface area (TPSA) is 29.9 Å². The summed E-state index contributed by atoms with van der Waals surface area (Å²) in [5.41, 5.74) is 2.28. The highest BCUT2D eigenvalue weighted by Gasteiger charge is 2.08. The van der Waals surface area contributed by atoms with Gasteiger partial charge < -0.3 is 5.32 Å². The average Bonchev–Trinajstić information content (AvgIpc) is 2.93. The third-order valence-electron chi connectivity index (χ3n) is 3.77. The molecule has 0 radical (unpaired) electrons. The van der Waals surface area contributed by atoms with E-state index in [1.165, 1.54) is 5.39 Å². The zero-order valence-corrected chi connectivity index (χ0v) is 13.8. The van der Waals surface area contributed by atoms with Gasteiger partial charge in [-0.1, -0.05) is 47.5 Å². The molecule has 0 aliphatic rings. The maximum Gasteiger partial charge on any atom is 0.0682 e. The quantitative estimate of drug-likeness (QED) is 0.733. The molecule has 0 saturated carbocycles. The molecule has 3 nitrogen and oxygen atoms in total. The van der Waals surface area contributed by atoms with Crippen molar-refractivity contribution in [1.82, 2.24) is 15.1 Å². The molecular formula is C17H17Cl2N3. The van der Waals surface area contributed by atoms with Gasteiger partial charge in [0.15, 0.2) is 0 Å².